The van der Waals surface area contributed by atoms with E-state index >= 15 is 0 Å². The Morgan fingerprint density at radius 3 is 2.67 bits per heavy atom. The highest BCUT2D eigenvalue weighted by atomic mass is 16.3. The molecule has 1 fully saturated rings. The van der Waals surface area contributed by atoms with Gasteiger partial charge in [0.05, 0.1) is 17.9 Å². The molecule has 1 aliphatic rings. The van der Waals surface area contributed by atoms with Crippen LogP contribution < -0.4 is 5.32 Å². The van der Waals surface area contributed by atoms with E-state index in [1.807, 2.05) is 37.3 Å². The van der Waals surface area contributed by atoms with E-state index in [0.29, 0.717) is 11.9 Å². The van der Waals surface area contributed by atoms with Crippen molar-refractivity contribution in [3.05, 3.63) is 60.3 Å². The molecule has 27 heavy (non-hydrogen) atoms. The van der Waals surface area contributed by atoms with Crippen LogP contribution in [0.4, 0.5) is 5.95 Å². The Labute approximate surface area is 159 Å². The van der Waals surface area contributed by atoms with Gasteiger partial charge in [-0.05, 0) is 69.1 Å². The summed E-state index contributed by atoms with van der Waals surface area (Å²) in [5, 5.41) is 3.41. The first-order valence-corrected chi connectivity index (χ1v) is 9.52. The molecular formula is C21H25N5O. The Bertz CT molecular complexity index is 856. The van der Waals surface area contributed by atoms with Gasteiger partial charge in [0, 0.05) is 18.9 Å². The quantitative estimate of drug-likeness (QED) is 0.719. The minimum absolute atomic E-state index is 0.640. The van der Waals surface area contributed by atoms with Gasteiger partial charge < -0.3 is 9.73 Å². The zero-order valence-electron chi connectivity index (χ0n) is 15.6. The maximum atomic E-state index is 5.69. The van der Waals surface area contributed by atoms with Crippen molar-refractivity contribution < 1.29 is 4.42 Å². The number of anilines is 1. The molecular weight excluding hydrogens is 338 g/mol. The Balaban J connectivity index is 1.26. The maximum absolute atomic E-state index is 5.69. The largest absolute Gasteiger partial charge is 0.465 e. The van der Waals surface area contributed by atoms with Crippen LogP contribution in [0.2, 0.25) is 0 Å². The summed E-state index contributed by atoms with van der Waals surface area (Å²) in [6, 6.07) is 11.8. The van der Waals surface area contributed by atoms with Crippen LogP contribution in [0, 0.1) is 12.8 Å². The zero-order valence-corrected chi connectivity index (χ0v) is 15.6. The number of furan rings is 1. The lowest BCUT2D eigenvalue weighted by molar-refractivity contribution is 0.170. The average molecular weight is 363 g/mol. The molecule has 0 unspecified atom stereocenters. The van der Waals surface area contributed by atoms with Crippen LogP contribution in [0.25, 0.3) is 11.4 Å². The van der Waals surface area contributed by atoms with Gasteiger partial charge in [-0.25, -0.2) is 9.97 Å². The van der Waals surface area contributed by atoms with E-state index in [2.05, 4.69) is 31.2 Å². The topological polar surface area (TPSA) is 67.1 Å². The second-order valence-electron chi connectivity index (χ2n) is 7.09. The van der Waals surface area contributed by atoms with Crippen LogP contribution in [0.1, 0.15) is 24.4 Å². The molecule has 0 aliphatic carbocycles. The van der Waals surface area contributed by atoms with Gasteiger partial charge in [0.1, 0.15) is 11.5 Å². The monoisotopic (exact) mass is 363 g/mol. The predicted octanol–water partition coefficient (Wildman–Crippen LogP) is 3.76. The van der Waals surface area contributed by atoms with E-state index in [-0.39, 0.29) is 0 Å². The van der Waals surface area contributed by atoms with Gasteiger partial charge in [-0.2, -0.15) is 0 Å². The highest BCUT2D eigenvalue weighted by Crippen LogP contribution is 2.20. The first-order chi connectivity index (χ1) is 13.3. The molecule has 6 heteroatoms. The lowest BCUT2D eigenvalue weighted by atomic mass is 9.97. The first-order valence-electron chi connectivity index (χ1n) is 9.52. The maximum Gasteiger partial charge on any atom is 0.223 e. The molecule has 0 spiro atoms. The number of aromatic nitrogens is 3. The second-order valence-corrected chi connectivity index (χ2v) is 7.09. The fourth-order valence-corrected chi connectivity index (χ4v) is 3.48. The van der Waals surface area contributed by atoms with Gasteiger partial charge in [0.15, 0.2) is 0 Å². The number of nitrogens with one attached hydrogen (secondary N) is 1. The normalized spacial score (nSPS) is 15.7. The Kier molecular flexibility index (Phi) is 5.44. The summed E-state index contributed by atoms with van der Waals surface area (Å²) >= 11 is 0. The van der Waals surface area contributed by atoms with Crippen molar-refractivity contribution in [3.63, 3.8) is 0 Å². The third-order valence-corrected chi connectivity index (χ3v) is 5.01. The fraction of sp³-hybridized carbons (Fsp3) is 0.381. The van der Waals surface area contributed by atoms with E-state index in [4.69, 9.17) is 4.42 Å². The number of rotatable bonds is 6. The third kappa shape index (κ3) is 4.71. The van der Waals surface area contributed by atoms with E-state index in [1.54, 1.807) is 12.4 Å². The van der Waals surface area contributed by atoms with Crippen molar-refractivity contribution in [2.75, 3.05) is 25.0 Å². The Hall–Kier alpha value is -2.73. The highest BCUT2D eigenvalue weighted by molar-refractivity contribution is 5.54. The highest BCUT2D eigenvalue weighted by Gasteiger charge is 2.20. The van der Waals surface area contributed by atoms with Crippen molar-refractivity contribution in [1.82, 2.24) is 19.9 Å². The summed E-state index contributed by atoms with van der Waals surface area (Å²) in [5.41, 5.74) is 1.71. The van der Waals surface area contributed by atoms with E-state index in [0.717, 1.165) is 49.1 Å². The first kappa shape index (κ1) is 17.7. The van der Waals surface area contributed by atoms with Gasteiger partial charge in [0.25, 0.3) is 0 Å². The van der Waals surface area contributed by atoms with Crippen LogP contribution in [-0.4, -0.2) is 39.5 Å². The third-order valence-electron chi connectivity index (χ3n) is 5.01. The molecule has 4 heterocycles. The molecule has 3 aromatic heterocycles. The molecule has 0 aromatic carbocycles. The molecule has 0 bridgehead atoms. The SMILES string of the molecule is Cc1ccc(CN2CCC(CNc3nccc(-c4ccccn4)n3)CC2)o1. The molecule has 4 rings (SSSR count). The molecule has 0 radical (unpaired) electrons. The van der Waals surface area contributed by atoms with Gasteiger partial charge in [0.2, 0.25) is 5.95 Å². The van der Waals surface area contributed by atoms with Gasteiger partial charge in [-0.15, -0.1) is 0 Å². The predicted molar refractivity (Wildman–Crippen MR) is 105 cm³/mol. The van der Waals surface area contributed by atoms with Crippen molar-refractivity contribution in [3.8, 4) is 11.4 Å². The van der Waals surface area contributed by atoms with Crippen molar-refractivity contribution in [2.45, 2.75) is 26.3 Å². The minimum Gasteiger partial charge on any atom is -0.465 e. The standard InChI is InChI=1S/C21H25N5O/c1-16-5-6-18(27-16)15-26-12-8-17(9-13-26)14-24-21-23-11-7-20(25-21)19-4-2-3-10-22-19/h2-7,10-11,17H,8-9,12-15H2,1H3,(H,23,24,25). The minimum atomic E-state index is 0.640. The van der Waals surface area contributed by atoms with E-state index in [9.17, 15) is 0 Å². The van der Waals surface area contributed by atoms with Crippen LogP contribution in [-0.2, 0) is 6.54 Å². The smallest absolute Gasteiger partial charge is 0.223 e. The molecule has 1 N–H and O–H groups in total. The van der Waals surface area contributed by atoms with Crippen LogP contribution >= 0.6 is 0 Å². The number of hydrogen-bond acceptors (Lipinski definition) is 6. The number of piperidine rings is 1. The number of aryl methyl sites for hydroxylation is 1. The Morgan fingerprint density at radius 2 is 1.93 bits per heavy atom. The zero-order chi connectivity index (χ0) is 18.5. The number of pyridine rings is 1. The summed E-state index contributed by atoms with van der Waals surface area (Å²) in [6.07, 6.45) is 5.91. The molecule has 1 saturated heterocycles. The van der Waals surface area contributed by atoms with Gasteiger partial charge in [-0.1, -0.05) is 6.07 Å². The molecule has 3 aromatic rings. The second kappa shape index (κ2) is 8.31. The summed E-state index contributed by atoms with van der Waals surface area (Å²) in [5.74, 6) is 3.36. The van der Waals surface area contributed by atoms with Crippen molar-refractivity contribution >= 4 is 5.95 Å². The molecule has 0 saturated carbocycles. The van der Waals surface area contributed by atoms with Crippen LogP contribution in [0.5, 0.6) is 0 Å². The average Bonchev–Trinajstić information content (AvgIpc) is 3.13. The van der Waals surface area contributed by atoms with Crippen molar-refractivity contribution in [1.29, 1.82) is 0 Å². The molecule has 6 nitrogen and oxygen atoms in total. The lowest BCUT2D eigenvalue weighted by Crippen LogP contribution is -2.35. The number of nitrogens with zero attached hydrogens (tertiary/aromatic N) is 4. The van der Waals surface area contributed by atoms with E-state index in [1.165, 1.54) is 12.8 Å². The van der Waals surface area contributed by atoms with E-state index < -0.39 is 0 Å². The molecule has 140 valence electrons. The lowest BCUT2D eigenvalue weighted by Gasteiger charge is -2.31. The molecule has 0 atom stereocenters. The van der Waals surface area contributed by atoms with Crippen LogP contribution in [0.3, 0.4) is 0 Å². The summed E-state index contributed by atoms with van der Waals surface area (Å²) in [4.78, 5) is 15.8. The van der Waals surface area contributed by atoms with Gasteiger partial charge in [-0.3, -0.25) is 9.88 Å². The summed E-state index contributed by atoms with van der Waals surface area (Å²) in [7, 11) is 0. The van der Waals surface area contributed by atoms with Crippen LogP contribution in [0.15, 0.2) is 53.2 Å². The fourth-order valence-electron chi connectivity index (χ4n) is 3.48. The molecule has 0 amide bonds. The Morgan fingerprint density at radius 1 is 1.04 bits per heavy atom. The molecule has 1 aliphatic heterocycles. The number of hydrogen-bond donors (Lipinski definition) is 1. The van der Waals surface area contributed by atoms with Crippen molar-refractivity contribution in [2.24, 2.45) is 5.92 Å². The number of likely N-dealkylation sites (tertiary alicyclic amines) is 1. The van der Waals surface area contributed by atoms with Gasteiger partial charge >= 0.3 is 0 Å². The summed E-state index contributed by atoms with van der Waals surface area (Å²) in [6.45, 7) is 6.00. The summed E-state index contributed by atoms with van der Waals surface area (Å²) < 4.78 is 5.69.